The molecule has 2 aromatic carbocycles. The first-order valence-corrected chi connectivity index (χ1v) is 10.4. The van der Waals surface area contributed by atoms with Crippen LogP contribution in [-0.4, -0.2) is 5.78 Å². The van der Waals surface area contributed by atoms with Gasteiger partial charge in [-0.25, -0.2) is 0 Å². The van der Waals surface area contributed by atoms with Crippen molar-refractivity contribution in [3.8, 4) is 11.1 Å². The van der Waals surface area contributed by atoms with Crippen LogP contribution in [-0.2, 0) is 0 Å². The number of carbonyl (C=O) groups excluding carboxylic acids is 1. The van der Waals surface area contributed by atoms with Crippen molar-refractivity contribution >= 4 is 21.7 Å². The fourth-order valence-corrected chi connectivity index (χ4v) is 4.23. The Morgan fingerprint density at radius 1 is 0.960 bits per heavy atom. The van der Waals surface area contributed by atoms with Gasteiger partial charge in [0.15, 0.2) is 5.78 Å². The molecule has 0 bridgehead atoms. The molecule has 25 heavy (non-hydrogen) atoms. The molecule has 1 nitrogen and oxygen atoms in total. The molecule has 2 aromatic rings. The fraction of sp³-hybridized carbons (Fsp3) is 0.435. The second-order valence-corrected chi connectivity index (χ2v) is 8.24. The van der Waals surface area contributed by atoms with Crippen molar-refractivity contribution in [3.05, 3.63) is 58.6 Å². The summed E-state index contributed by atoms with van der Waals surface area (Å²) in [6.07, 6.45) is 8.63. The van der Waals surface area contributed by atoms with Crippen LogP contribution in [0.3, 0.4) is 0 Å². The number of rotatable bonds is 7. The van der Waals surface area contributed by atoms with E-state index in [1.165, 1.54) is 37.7 Å². The van der Waals surface area contributed by atoms with Crippen molar-refractivity contribution in [3.63, 3.8) is 0 Å². The maximum absolute atomic E-state index is 12.8. The summed E-state index contributed by atoms with van der Waals surface area (Å²) in [6.45, 7) is 2.25. The van der Waals surface area contributed by atoms with Crippen LogP contribution in [0.1, 0.15) is 62.2 Å². The summed E-state index contributed by atoms with van der Waals surface area (Å²) in [4.78, 5) is 12.8. The summed E-state index contributed by atoms with van der Waals surface area (Å²) in [5.41, 5.74) is 3.21. The molecule has 0 aliphatic heterocycles. The Labute approximate surface area is 160 Å². The smallest absolute Gasteiger partial charge is 0.165 e. The number of benzene rings is 2. The van der Waals surface area contributed by atoms with Crippen LogP contribution in [0.25, 0.3) is 11.1 Å². The Morgan fingerprint density at radius 2 is 1.60 bits per heavy atom. The molecule has 3 rings (SSSR count). The van der Waals surface area contributed by atoms with Gasteiger partial charge in [-0.1, -0.05) is 84.9 Å². The van der Waals surface area contributed by atoms with Gasteiger partial charge in [0.2, 0.25) is 0 Å². The van der Waals surface area contributed by atoms with Gasteiger partial charge in [0.1, 0.15) is 0 Å². The highest BCUT2D eigenvalue weighted by Gasteiger charge is 2.29. The molecule has 0 heterocycles. The SMILES string of the molecule is CCCCC[C@H]1CC[C@@H](C(=O)c2ccc(-c3ccc(Br)cc3)cc2)C1. The van der Waals surface area contributed by atoms with E-state index in [-0.39, 0.29) is 5.92 Å². The average molecular weight is 399 g/mol. The maximum atomic E-state index is 12.8. The highest BCUT2D eigenvalue weighted by atomic mass is 79.9. The van der Waals surface area contributed by atoms with Crippen LogP contribution in [0.2, 0.25) is 0 Å². The van der Waals surface area contributed by atoms with Gasteiger partial charge in [-0.15, -0.1) is 0 Å². The van der Waals surface area contributed by atoms with E-state index in [0.29, 0.717) is 5.78 Å². The first-order valence-electron chi connectivity index (χ1n) is 9.57. The van der Waals surface area contributed by atoms with Gasteiger partial charge < -0.3 is 0 Å². The molecule has 0 saturated heterocycles. The van der Waals surface area contributed by atoms with Gasteiger partial charge in [0.05, 0.1) is 0 Å². The molecule has 1 aliphatic rings. The number of hydrogen-bond acceptors (Lipinski definition) is 1. The molecule has 2 atom stereocenters. The van der Waals surface area contributed by atoms with Crippen LogP contribution >= 0.6 is 15.9 Å². The van der Waals surface area contributed by atoms with Crippen molar-refractivity contribution in [1.29, 1.82) is 0 Å². The van der Waals surface area contributed by atoms with Gasteiger partial charge in [0.25, 0.3) is 0 Å². The number of Topliss-reactive ketones (excluding diaryl/α,β-unsaturated/α-hetero) is 1. The molecular formula is C23H27BrO. The van der Waals surface area contributed by atoms with Crippen LogP contribution in [0.15, 0.2) is 53.0 Å². The van der Waals surface area contributed by atoms with E-state index >= 15 is 0 Å². The highest BCUT2D eigenvalue weighted by Crippen LogP contribution is 2.36. The minimum atomic E-state index is 0.241. The third-order valence-corrected chi connectivity index (χ3v) is 6.00. The molecule has 1 saturated carbocycles. The zero-order valence-corrected chi connectivity index (χ0v) is 16.6. The molecule has 0 N–H and O–H groups in total. The molecule has 132 valence electrons. The van der Waals surface area contributed by atoms with Crippen molar-refractivity contribution in [2.45, 2.75) is 51.9 Å². The summed E-state index contributed by atoms with van der Waals surface area (Å²) in [6, 6.07) is 16.4. The number of ketones is 1. The Balaban J connectivity index is 1.60. The lowest BCUT2D eigenvalue weighted by Gasteiger charge is -2.11. The maximum Gasteiger partial charge on any atom is 0.165 e. The summed E-state index contributed by atoms with van der Waals surface area (Å²) in [5, 5.41) is 0. The molecule has 0 radical (unpaired) electrons. The normalized spacial score (nSPS) is 19.9. The molecule has 0 unspecified atom stereocenters. The topological polar surface area (TPSA) is 17.1 Å². The van der Waals surface area contributed by atoms with E-state index < -0.39 is 0 Å². The monoisotopic (exact) mass is 398 g/mol. The summed E-state index contributed by atoms with van der Waals surface area (Å²) >= 11 is 3.47. The van der Waals surface area contributed by atoms with E-state index in [9.17, 15) is 4.79 Å². The van der Waals surface area contributed by atoms with E-state index in [2.05, 4.69) is 47.1 Å². The number of carbonyl (C=O) groups is 1. The largest absolute Gasteiger partial charge is 0.294 e. The molecule has 1 fully saturated rings. The standard InChI is InChI=1S/C23H27BrO/c1-2-3-4-5-17-6-7-21(16-17)23(25)20-10-8-18(9-11-20)19-12-14-22(24)15-13-19/h8-15,17,21H,2-7,16H2,1H3/t17-,21+/m0/s1. The minimum Gasteiger partial charge on any atom is -0.294 e. The van der Waals surface area contributed by atoms with Crippen LogP contribution in [0.5, 0.6) is 0 Å². The van der Waals surface area contributed by atoms with Crippen molar-refractivity contribution in [2.75, 3.05) is 0 Å². The second-order valence-electron chi connectivity index (χ2n) is 7.32. The van der Waals surface area contributed by atoms with Gasteiger partial charge >= 0.3 is 0 Å². The Bertz CT molecular complexity index is 687. The van der Waals surface area contributed by atoms with Gasteiger partial charge in [-0.2, -0.15) is 0 Å². The molecule has 0 aromatic heterocycles. The van der Waals surface area contributed by atoms with Gasteiger partial charge in [-0.3, -0.25) is 4.79 Å². The van der Waals surface area contributed by atoms with Crippen molar-refractivity contribution in [1.82, 2.24) is 0 Å². The number of hydrogen-bond donors (Lipinski definition) is 0. The summed E-state index contributed by atoms with van der Waals surface area (Å²) in [5.74, 6) is 1.35. The van der Waals surface area contributed by atoms with E-state index in [1.807, 2.05) is 24.3 Å². The minimum absolute atomic E-state index is 0.241. The first-order chi connectivity index (χ1) is 12.2. The number of unbranched alkanes of at least 4 members (excludes halogenated alkanes) is 2. The van der Waals surface area contributed by atoms with E-state index in [0.717, 1.165) is 34.4 Å². The third kappa shape index (κ3) is 4.82. The summed E-state index contributed by atoms with van der Waals surface area (Å²) in [7, 11) is 0. The molecule has 2 heteroatoms. The lowest BCUT2D eigenvalue weighted by molar-refractivity contribution is 0.0919. The lowest BCUT2D eigenvalue weighted by Crippen LogP contribution is -2.11. The van der Waals surface area contributed by atoms with Crippen molar-refractivity contribution < 1.29 is 4.79 Å². The van der Waals surface area contributed by atoms with Crippen LogP contribution in [0.4, 0.5) is 0 Å². The predicted octanol–water partition coefficient (Wildman–Crippen LogP) is 7.30. The van der Waals surface area contributed by atoms with Crippen LogP contribution in [0, 0.1) is 11.8 Å². The van der Waals surface area contributed by atoms with E-state index in [4.69, 9.17) is 0 Å². The van der Waals surface area contributed by atoms with E-state index in [1.54, 1.807) is 0 Å². The van der Waals surface area contributed by atoms with Gasteiger partial charge in [-0.05, 0) is 48.4 Å². The molecular weight excluding hydrogens is 372 g/mol. The highest BCUT2D eigenvalue weighted by molar-refractivity contribution is 9.10. The molecule has 0 spiro atoms. The zero-order valence-electron chi connectivity index (χ0n) is 15.0. The Hall–Kier alpha value is -1.41. The van der Waals surface area contributed by atoms with Crippen molar-refractivity contribution in [2.24, 2.45) is 11.8 Å². The Kier molecular flexibility index (Phi) is 6.47. The van der Waals surface area contributed by atoms with Gasteiger partial charge in [0, 0.05) is 16.0 Å². The third-order valence-electron chi connectivity index (χ3n) is 5.47. The quantitative estimate of drug-likeness (QED) is 0.353. The average Bonchev–Trinajstić information content (AvgIpc) is 3.11. The predicted molar refractivity (Wildman–Crippen MR) is 109 cm³/mol. The number of halogens is 1. The first kappa shape index (κ1) is 18.4. The molecule has 0 amide bonds. The zero-order chi connectivity index (χ0) is 17.6. The summed E-state index contributed by atoms with van der Waals surface area (Å²) < 4.78 is 1.08. The Morgan fingerprint density at radius 3 is 2.24 bits per heavy atom. The molecule has 1 aliphatic carbocycles. The van der Waals surface area contributed by atoms with Crippen LogP contribution < -0.4 is 0 Å². The fourth-order valence-electron chi connectivity index (χ4n) is 3.96. The second kappa shape index (κ2) is 8.80. The lowest BCUT2D eigenvalue weighted by atomic mass is 9.92.